The maximum atomic E-state index is 13.4. The van der Waals surface area contributed by atoms with Crippen LogP contribution in [0, 0.1) is 11.6 Å². The van der Waals surface area contributed by atoms with Gasteiger partial charge in [-0.2, -0.15) is 0 Å². The Morgan fingerprint density at radius 1 is 0.958 bits per heavy atom. The molecule has 0 radical (unpaired) electrons. The Labute approximate surface area is 141 Å². The van der Waals surface area contributed by atoms with Gasteiger partial charge in [0.2, 0.25) is 5.91 Å². The van der Waals surface area contributed by atoms with Crippen molar-refractivity contribution in [2.75, 3.05) is 5.75 Å². The van der Waals surface area contributed by atoms with E-state index in [1.54, 1.807) is 30.3 Å². The first-order valence-electron chi connectivity index (χ1n) is 6.95. The highest BCUT2D eigenvalue weighted by Gasteiger charge is 2.06. The third-order valence-electron chi connectivity index (χ3n) is 2.84. The van der Waals surface area contributed by atoms with Crippen molar-refractivity contribution >= 4 is 29.7 Å². The van der Waals surface area contributed by atoms with Crippen LogP contribution in [0.1, 0.15) is 5.56 Å². The number of benzene rings is 2. The van der Waals surface area contributed by atoms with Crippen LogP contribution in [0.3, 0.4) is 0 Å². The summed E-state index contributed by atoms with van der Waals surface area (Å²) in [7, 11) is 0. The van der Waals surface area contributed by atoms with Crippen LogP contribution in [0.25, 0.3) is 6.08 Å². The summed E-state index contributed by atoms with van der Waals surface area (Å²) < 4.78 is 26.7. The fraction of sp³-hybridized carbons (Fsp3) is 0.0588. The zero-order chi connectivity index (χ0) is 17.4. The number of carbonyl (C=O) groups excluding carboxylic acids is 2. The SMILES string of the molecule is O=C(/C=C/c1ccccc1F)NNC(=O)CSc1ccccc1F. The third-order valence-corrected chi connectivity index (χ3v) is 3.89. The van der Waals surface area contributed by atoms with Crippen molar-refractivity contribution in [1.29, 1.82) is 0 Å². The van der Waals surface area contributed by atoms with E-state index in [1.165, 1.54) is 24.3 Å². The summed E-state index contributed by atoms with van der Waals surface area (Å²) in [6.07, 6.45) is 2.40. The van der Waals surface area contributed by atoms with Crippen LogP contribution in [0.4, 0.5) is 8.78 Å². The van der Waals surface area contributed by atoms with Crippen molar-refractivity contribution in [3.05, 3.63) is 71.8 Å². The van der Waals surface area contributed by atoms with Crippen LogP contribution in [-0.2, 0) is 9.59 Å². The Morgan fingerprint density at radius 2 is 1.62 bits per heavy atom. The minimum absolute atomic E-state index is 0.0573. The van der Waals surface area contributed by atoms with E-state index in [4.69, 9.17) is 0 Å². The minimum Gasteiger partial charge on any atom is -0.272 e. The molecule has 0 aliphatic rings. The maximum absolute atomic E-state index is 13.4. The largest absolute Gasteiger partial charge is 0.272 e. The molecule has 0 heterocycles. The van der Waals surface area contributed by atoms with Crippen LogP contribution < -0.4 is 10.9 Å². The number of amides is 2. The molecule has 0 saturated carbocycles. The molecule has 0 fully saturated rings. The molecular formula is C17H14F2N2O2S. The van der Waals surface area contributed by atoms with E-state index in [0.29, 0.717) is 4.90 Å². The van der Waals surface area contributed by atoms with Crippen LogP contribution in [0.2, 0.25) is 0 Å². The molecule has 0 aromatic heterocycles. The van der Waals surface area contributed by atoms with Crippen LogP contribution in [0.15, 0.2) is 59.5 Å². The lowest BCUT2D eigenvalue weighted by molar-refractivity contribution is -0.125. The number of hydrogen-bond acceptors (Lipinski definition) is 3. The van der Waals surface area contributed by atoms with Gasteiger partial charge in [-0.05, 0) is 24.3 Å². The molecule has 2 N–H and O–H groups in total. The third kappa shape index (κ3) is 5.51. The quantitative estimate of drug-likeness (QED) is 0.496. The number of nitrogens with one attached hydrogen (secondary N) is 2. The van der Waals surface area contributed by atoms with Gasteiger partial charge in [-0.3, -0.25) is 20.4 Å². The van der Waals surface area contributed by atoms with Gasteiger partial charge in [-0.15, -0.1) is 11.8 Å². The van der Waals surface area contributed by atoms with Crippen molar-refractivity contribution in [2.45, 2.75) is 4.90 Å². The Balaban J connectivity index is 1.76. The highest BCUT2D eigenvalue weighted by atomic mass is 32.2. The highest BCUT2D eigenvalue weighted by molar-refractivity contribution is 8.00. The fourth-order valence-corrected chi connectivity index (χ4v) is 2.43. The summed E-state index contributed by atoms with van der Waals surface area (Å²) in [4.78, 5) is 23.5. The van der Waals surface area contributed by atoms with Crippen molar-refractivity contribution in [3.8, 4) is 0 Å². The van der Waals surface area contributed by atoms with Gasteiger partial charge >= 0.3 is 0 Å². The zero-order valence-electron chi connectivity index (χ0n) is 12.5. The van der Waals surface area contributed by atoms with Gasteiger partial charge in [0.1, 0.15) is 11.6 Å². The molecule has 0 saturated heterocycles. The predicted octanol–water partition coefficient (Wildman–Crippen LogP) is 2.92. The van der Waals surface area contributed by atoms with E-state index >= 15 is 0 Å². The fourth-order valence-electron chi connectivity index (χ4n) is 1.69. The molecule has 0 unspecified atom stereocenters. The van der Waals surface area contributed by atoms with E-state index in [9.17, 15) is 18.4 Å². The van der Waals surface area contributed by atoms with E-state index in [0.717, 1.165) is 17.8 Å². The number of rotatable bonds is 5. The maximum Gasteiger partial charge on any atom is 0.262 e. The van der Waals surface area contributed by atoms with Gasteiger partial charge in [0.15, 0.2) is 0 Å². The topological polar surface area (TPSA) is 58.2 Å². The van der Waals surface area contributed by atoms with Gasteiger partial charge in [0.25, 0.3) is 5.91 Å². The molecule has 0 bridgehead atoms. The summed E-state index contributed by atoms with van der Waals surface area (Å²) in [5, 5.41) is 0. The molecule has 0 aliphatic carbocycles. The number of hydrogen-bond donors (Lipinski definition) is 2. The van der Waals surface area contributed by atoms with Gasteiger partial charge in [-0.1, -0.05) is 30.3 Å². The molecule has 2 amide bonds. The highest BCUT2D eigenvalue weighted by Crippen LogP contribution is 2.20. The first kappa shape index (κ1) is 17.7. The van der Waals surface area contributed by atoms with E-state index in [1.807, 2.05) is 0 Å². The molecule has 0 aliphatic heterocycles. The van der Waals surface area contributed by atoms with E-state index in [-0.39, 0.29) is 11.3 Å². The summed E-state index contributed by atoms with van der Waals surface area (Å²) in [6.45, 7) is 0. The summed E-state index contributed by atoms with van der Waals surface area (Å²) in [5.41, 5.74) is 4.62. The first-order valence-corrected chi connectivity index (χ1v) is 7.93. The normalized spacial score (nSPS) is 10.6. The van der Waals surface area contributed by atoms with Gasteiger partial charge in [-0.25, -0.2) is 8.78 Å². The molecule has 24 heavy (non-hydrogen) atoms. The molecule has 0 spiro atoms. The number of halogens is 2. The predicted molar refractivity (Wildman–Crippen MR) is 88.8 cm³/mol. The lowest BCUT2D eigenvalue weighted by Gasteiger charge is -2.05. The van der Waals surface area contributed by atoms with Gasteiger partial charge in [0, 0.05) is 16.5 Å². The van der Waals surface area contributed by atoms with Crippen molar-refractivity contribution < 1.29 is 18.4 Å². The molecule has 2 aromatic rings. The van der Waals surface area contributed by atoms with Gasteiger partial charge < -0.3 is 0 Å². The van der Waals surface area contributed by atoms with Crippen LogP contribution >= 0.6 is 11.8 Å². The smallest absolute Gasteiger partial charge is 0.262 e. The average molecular weight is 348 g/mol. The van der Waals surface area contributed by atoms with Crippen molar-refractivity contribution in [3.63, 3.8) is 0 Å². The Kier molecular flexibility index (Phi) is 6.51. The molecule has 4 nitrogen and oxygen atoms in total. The van der Waals surface area contributed by atoms with Crippen molar-refractivity contribution in [2.24, 2.45) is 0 Å². The van der Waals surface area contributed by atoms with Crippen molar-refractivity contribution in [1.82, 2.24) is 10.9 Å². The number of thioether (sulfide) groups is 1. The summed E-state index contributed by atoms with van der Waals surface area (Å²) in [5.74, 6) is -2.02. The molecule has 2 aromatic carbocycles. The molecule has 0 atom stereocenters. The van der Waals surface area contributed by atoms with Gasteiger partial charge in [0.05, 0.1) is 5.75 Å². The summed E-state index contributed by atoms with van der Waals surface area (Å²) in [6, 6.07) is 12.1. The molecule has 124 valence electrons. The minimum atomic E-state index is -0.609. The first-order chi connectivity index (χ1) is 11.6. The average Bonchev–Trinajstić information content (AvgIpc) is 2.58. The number of carbonyl (C=O) groups is 2. The zero-order valence-corrected chi connectivity index (χ0v) is 13.3. The van der Waals surface area contributed by atoms with Crippen LogP contribution in [-0.4, -0.2) is 17.6 Å². The Hall–Kier alpha value is -2.67. The molecule has 7 heteroatoms. The monoisotopic (exact) mass is 348 g/mol. The second-order valence-electron chi connectivity index (χ2n) is 4.61. The second-order valence-corrected chi connectivity index (χ2v) is 5.63. The molecular weight excluding hydrogens is 334 g/mol. The summed E-state index contributed by atoms with van der Waals surface area (Å²) >= 11 is 1.01. The molecule has 2 rings (SSSR count). The standard InChI is InChI=1S/C17H14F2N2O2S/c18-13-6-2-1-5-12(13)9-10-16(22)20-21-17(23)11-24-15-8-4-3-7-14(15)19/h1-10H,11H2,(H,20,22)(H,21,23)/b10-9+. The Morgan fingerprint density at radius 3 is 2.33 bits per heavy atom. The lowest BCUT2D eigenvalue weighted by Crippen LogP contribution is -2.41. The van der Waals surface area contributed by atoms with Crippen LogP contribution in [0.5, 0.6) is 0 Å². The van der Waals surface area contributed by atoms with E-state index in [2.05, 4.69) is 10.9 Å². The van der Waals surface area contributed by atoms with E-state index < -0.39 is 23.4 Å². The number of hydrazine groups is 1. The Bertz CT molecular complexity index is 766. The second kappa shape index (κ2) is 8.83. The lowest BCUT2D eigenvalue weighted by atomic mass is 10.2.